The van der Waals surface area contributed by atoms with Gasteiger partial charge in [0.1, 0.15) is 56.8 Å². The lowest BCUT2D eigenvalue weighted by molar-refractivity contribution is -0.671. The Kier molecular flexibility index (Phi) is 10.2. The number of nitrogens with zero attached hydrogens (tertiary/aromatic N) is 6. The number of hydrogen-bond donors (Lipinski definition) is 0. The second-order valence-electron chi connectivity index (χ2n) is 7.41. The number of halogens is 3. The second kappa shape index (κ2) is 11.6. The monoisotopic (exact) mass is 600 g/mol. The first kappa shape index (κ1) is 26.3. The molecule has 0 spiro atoms. The third-order valence-corrected chi connectivity index (χ3v) is 4.68. The number of aromatic nitrogens is 6. The van der Waals surface area contributed by atoms with Gasteiger partial charge in [-0.25, -0.2) is 27.4 Å². The number of rotatable bonds is 6. The minimum Gasteiger partial charge on any atom is -1.00 e. The van der Waals surface area contributed by atoms with Crippen LogP contribution in [0.15, 0.2) is 74.4 Å². The maximum absolute atomic E-state index is 2.32. The van der Waals surface area contributed by atoms with Gasteiger partial charge in [-0.05, 0) is 34.9 Å². The first-order valence-corrected chi connectivity index (χ1v) is 9.18. The molecule has 0 fully saturated rings. The van der Waals surface area contributed by atoms with Crippen molar-refractivity contribution >= 4 is 0 Å². The molecule has 0 N–H and O–H groups in total. The fourth-order valence-corrected chi connectivity index (χ4v) is 3.53. The van der Waals surface area contributed by atoms with E-state index < -0.39 is 0 Å². The van der Waals surface area contributed by atoms with Gasteiger partial charge in [-0.15, -0.1) is 0 Å². The van der Waals surface area contributed by atoms with Gasteiger partial charge in [0.05, 0.1) is 21.1 Å². The maximum atomic E-state index is 2.32. The van der Waals surface area contributed by atoms with Crippen molar-refractivity contribution in [2.75, 3.05) is 0 Å². The predicted octanol–water partition coefficient (Wildman–Crippen LogP) is -8.28. The maximum Gasteiger partial charge on any atom is 0.243 e. The molecule has 0 aliphatic carbocycles. The molecule has 1 aromatic carbocycles. The van der Waals surface area contributed by atoms with Gasteiger partial charge in [0.25, 0.3) is 0 Å². The van der Waals surface area contributed by atoms with Crippen LogP contribution in [0.2, 0.25) is 0 Å². The highest BCUT2D eigenvalue weighted by molar-refractivity contribution is 5.31. The highest BCUT2D eigenvalue weighted by Gasteiger charge is 2.11. The first-order chi connectivity index (χ1) is 13.0. The van der Waals surface area contributed by atoms with Gasteiger partial charge in [-0.2, -0.15) is 0 Å². The zero-order chi connectivity index (χ0) is 18.8. The average molecular weight is 603 g/mol. The number of imidazole rings is 3. The van der Waals surface area contributed by atoms with Crippen molar-refractivity contribution in [3.8, 4) is 0 Å². The molecule has 0 saturated heterocycles. The summed E-state index contributed by atoms with van der Waals surface area (Å²) < 4.78 is 12.9. The summed E-state index contributed by atoms with van der Waals surface area (Å²) in [5, 5.41) is 0. The molecule has 0 amide bonds. The van der Waals surface area contributed by atoms with E-state index >= 15 is 0 Å². The van der Waals surface area contributed by atoms with Crippen LogP contribution in [0.25, 0.3) is 0 Å². The molecule has 30 heavy (non-hydrogen) atoms. The van der Waals surface area contributed by atoms with E-state index in [1.165, 1.54) is 16.7 Å². The van der Waals surface area contributed by atoms with E-state index in [2.05, 4.69) is 123 Å². The standard InChI is InChI=1S/C21H27N6.3BrH/c1-22-4-7-25(16-22)13-19-10-20(14-26-8-5-23(2)17-26)12-21(11-19)15-27-9-6-24(3)18-27;;;/h4-12,16-18H,13-15H2,1-3H3;3*1H/q+3;;;/p-3. The topological polar surface area (TPSA) is 26.4 Å². The molecule has 0 bridgehead atoms. The van der Waals surface area contributed by atoms with Crippen molar-refractivity contribution in [1.29, 1.82) is 0 Å². The van der Waals surface area contributed by atoms with Crippen molar-refractivity contribution in [3.05, 3.63) is 91.1 Å². The Morgan fingerprint density at radius 2 is 0.800 bits per heavy atom. The van der Waals surface area contributed by atoms with Crippen LogP contribution >= 0.6 is 0 Å². The van der Waals surface area contributed by atoms with Gasteiger partial charge in [0.2, 0.25) is 19.0 Å². The summed E-state index contributed by atoms with van der Waals surface area (Å²) in [4.78, 5) is 0. The lowest BCUT2D eigenvalue weighted by atomic mass is 10.0. The number of benzene rings is 1. The van der Waals surface area contributed by atoms with Crippen LogP contribution in [0.1, 0.15) is 16.7 Å². The quantitative estimate of drug-likeness (QED) is 0.196. The minimum absolute atomic E-state index is 0. The minimum atomic E-state index is 0. The Bertz CT molecular complexity index is 920. The molecule has 0 saturated carbocycles. The zero-order valence-electron chi connectivity index (χ0n) is 17.4. The van der Waals surface area contributed by atoms with Crippen molar-refractivity contribution in [1.82, 2.24) is 13.7 Å². The average Bonchev–Trinajstić information content (AvgIpc) is 3.31. The Balaban J connectivity index is 0.00000150. The zero-order valence-corrected chi connectivity index (χ0v) is 22.1. The van der Waals surface area contributed by atoms with Crippen LogP contribution in [0, 0.1) is 0 Å². The molecule has 0 aliphatic rings. The van der Waals surface area contributed by atoms with Crippen molar-refractivity contribution < 1.29 is 64.6 Å². The Morgan fingerprint density at radius 1 is 0.533 bits per heavy atom. The fraction of sp³-hybridized carbons (Fsp3) is 0.286. The smallest absolute Gasteiger partial charge is 0.243 e. The highest BCUT2D eigenvalue weighted by Crippen LogP contribution is 2.14. The molecule has 4 aromatic rings. The van der Waals surface area contributed by atoms with Gasteiger partial charge in [0.15, 0.2) is 0 Å². The molecular formula is C21H27Br3N6. The van der Waals surface area contributed by atoms with Gasteiger partial charge < -0.3 is 50.9 Å². The molecule has 3 aromatic heterocycles. The van der Waals surface area contributed by atoms with E-state index in [0.717, 1.165) is 19.6 Å². The fourth-order valence-electron chi connectivity index (χ4n) is 3.53. The van der Waals surface area contributed by atoms with Crippen LogP contribution in [-0.4, -0.2) is 13.7 Å². The van der Waals surface area contributed by atoms with Crippen LogP contribution < -0.4 is 64.6 Å². The second-order valence-corrected chi connectivity index (χ2v) is 7.41. The molecule has 0 radical (unpaired) electrons. The molecule has 6 nitrogen and oxygen atoms in total. The molecule has 0 unspecified atom stereocenters. The molecule has 0 atom stereocenters. The molecule has 9 heteroatoms. The molecular weight excluding hydrogens is 576 g/mol. The third kappa shape index (κ3) is 6.92. The van der Waals surface area contributed by atoms with Gasteiger partial charge in [-0.1, -0.05) is 0 Å². The summed E-state index contributed by atoms with van der Waals surface area (Å²) in [5.74, 6) is 0. The molecule has 162 valence electrons. The van der Waals surface area contributed by atoms with E-state index in [0.29, 0.717) is 0 Å². The van der Waals surface area contributed by atoms with E-state index in [9.17, 15) is 0 Å². The van der Waals surface area contributed by atoms with Gasteiger partial charge in [-0.3, -0.25) is 0 Å². The Hall–Kier alpha value is -1.71. The van der Waals surface area contributed by atoms with Crippen LogP contribution in [-0.2, 0) is 40.8 Å². The molecule has 4 rings (SSSR count). The summed E-state index contributed by atoms with van der Waals surface area (Å²) in [6.07, 6.45) is 18.9. The van der Waals surface area contributed by atoms with Crippen LogP contribution in [0.5, 0.6) is 0 Å². The van der Waals surface area contributed by atoms with Gasteiger partial charge >= 0.3 is 0 Å². The predicted molar refractivity (Wildman–Crippen MR) is 101 cm³/mol. The number of hydrogen-bond acceptors (Lipinski definition) is 0. The van der Waals surface area contributed by atoms with E-state index in [4.69, 9.17) is 0 Å². The summed E-state index contributed by atoms with van der Waals surface area (Å²) in [7, 11) is 6.16. The summed E-state index contributed by atoms with van der Waals surface area (Å²) in [6.45, 7) is 2.63. The number of aryl methyl sites for hydroxylation is 3. The van der Waals surface area contributed by atoms with E-state index in [-0.39, 0.29) is 50.9 Å². The van der Waals surface area contributed by atoms with Crippen molar-refractivity contribution in [3.63, 3.8) is 0 Å². The SMILES string of the molecule is C[n+]1ccn(Cc2cc(Cn3cc[n+](C)c3)cc(Cn3cc[n+](C)c3)c2)c1.[Br-].[Br-].[Br-]. The van der Waals surface area contributed by atoms with Crippen LogP contribution in [0.4, 0.5) is 0 Å². The largest absolute Gasteiger partial charge is 1.00 e. The Morgan fingerprint density at radius 3 is 1.00 bits per heavy atom. The van der Waals surface area contributed by atoms with Crippen molar-refractivity contribution in [2.24, 2.45) is 21.1 Å². The van der Waals surface area contributed by atoms with E-state index in [1.807, 2.05) is 0 Å². The van der Waals surface area contributed by atoms with Crippen LogP contribution in [0.3, 0.4) is 0 Å². The summed E-state index contributed by atoms with van der Waals surface area (Å²) >= 11 is 0. The first-order valence-electron chi connectivity index (χ1n) is 9.18. The lowest BCUT2D eigenvalue weighted by Crippen LogP contribution is -3.00. The van der Waals surface area contributed by atoms with Gasteiger partial charge in [0, 0.05) is 0 Å². The normalized spacial score (nSPS) is 10.1. The Labute approximate surface area is 209 Å². The van der Waals surface area contributed by atoms with E-state index in [1.54, 1.807) is 0 Å². The summed E-state index contributed by atoms with van der Waals surface area (Å²) in [5.41, 5.74) is 3.98. The molecule has 0 aliphatic heterocycles. The highest BCUT2D eigenvalue weighted by atomic mass is 79.9. The van der Waals surface area contributed by atoms with Crippen molar-refractivity contribution in [2.45, 2.75) is 19.6 Å². The third-order valence-electron chi connectivity index (χ3n) is 4.68. The molecule has 3 heterocycles. The lowest BCUT2D eigenvalue weighted by Gasteiger charge is -2.07. The summed E-state index contributed by atoms with van der Waals surface area (Å²) in [6, 6.07) is 6.96.